The van der Waals surface area contributed by atoms with Gasteiger partial charge in [0.05, 0.1) is 0 Å². The van der Waals surface area contributed by atoms with Gasteiger partial charge in [0.2, 0.25) is 0 Å². The Labute approximate surface area is 78.4 Å². The van der Waals surface area contributed by atoms with Crippen molar-refractivity contribution in [1.29, 1.82) is 0 Å². The van der Waals surface area contributed by atoms with E-state index in [2.05, 4.69) is 20.8 Å². The molecule has 0 aromatic carbocycles. The van der Waals surface area contributed by atoms with Crippen LogP contribution in [-0.2, 0) is 0 Å². The summed E-state index contributed by atoms with van der Waals surface area (Å²) in [4.78, 5) is 0. The van der Waals surface area contributed by atoms with E-state index in [1.165, 1.54) is 16.7 Å². The topological polar surface area (TPSA) is 0 Å². The Morgan fingerprint density at radius 1 is 1.10 bits per heavy atom. The average molecular weight is 145 g/mol. The molecule has 1 rings (SSSR count). The maximum atomic E-state index is 2.25. The van der Waals surface area contributed by atoms with Crippen LogP contribution in [0.3, 0.4) is 0 Å². The summed E-state index contributed by atoms with van der Waals surface area (Å²) in [7, 11) is 1.23. The van der Waals surface area contributed by atoms with Crippen LogP contribution < -0.4 is 0 Å². The molecule has 1 aliphatic rings. The van der Waals surface area contributed by atoms with Gasteiger partial charge in [-0.2, -0.15) is 0 Å². The van der Waals surface area contributed by atoms with E-state index in [9.17, 15) is 0 Å². The summed E-state index contributed by atoms with van der Waals surface area (Å²) in [6.07, 6.45) is 1.24. The summed E-state index contributed by atoms with van der Waals surface area (Å²) in [5, 5.41) is 1.65. The van der Waals surface area contributed by atoms with Crippen molar-refractivity contribution in [3.63, 3.8) is 0 Å². The number of hydrogen-bond acceptors (Lipinski definition) is 0. The minimum absolute atomic E-state index is 0. The van der Waals surface area contributed by atoms with Crippen LogP contribution in [0.1, 0.15) is 27.2 Å². The predicted octanol–water partition coefficient (Wildman–Crippen LogP) is 0.985. The molecule has 1 radical (unpaired) electrons. The molecule has 0 saturated carbocycles. The summed E-state index contributed by atoms with van der Waals surface area (Å²) >= 11 is 0. The molecule has 0 fully saturated rings. The molecule has 0 unspecified atom stereocenters. The molecule has 51 valence electrons. The van der Waals surface area contributed by atoms with Crippen LogP contribution in [0.15, 0.2) is 21.9 Å². The first-order chi connectivity index (χ1) is 4.13. The monoisotopic (exact) mass is 145 g/mol. The summed E-state index contributed by atoms with van der Waals surface area (Å²) in [6.45, 7) is 6.74. The van der Waals surface area contributed by atoms with Gasteiger partial charge in [-0.15, -0.1) is 0 Å². The smallest absolute Gasteiger partial charge is 0.0387 e. The van der Waals surface area contributed by atoms with Crippen molar-refractivity contribution in [3.8, 4) is 0 Å². The molecule has 0 N–H and O–H groups in total. The van der Waals surface area contributed by atoms with Crippen LogP contribution in [-0.4, -0.2) is 29.1 Å². The van der Waals surface area contributed by atoms with E-state index in [-0.39, 0.29) is 18.9 Å². The molecule has 0 heterocycles. The molecule has 0 aliphatic heterocycles. The third-order valence-corrected chi connectivity index (χ3v) is 3.98. The zero-order valence-corrected chi connectivity index (χ0v) is 9.71. The molecule has 0 amide bonds. The molecule has 10 heavy (non-hydrogen) atoms. The van der Waals surface area contributed by atoms with Crippen molar-refractivity contribution in [2.45, 2.75) is 27.2 Å². The molecule has 2 heteroatoms. The van der Waals surface area contributed by atoms with Gasteiger partial charge in [0.25, 0.3) is 0 Å². The van der Waals surface area contributed by atoms with Crippen LogP contribution in [0, 0.1) is 0 Å². The minimum atomic E-state index is 0. The Hall–Kier alpha value is 0.294. The van der Waals surface area contributed by atoms with Crippen LogP contribution in [0.5, 0.6) is 0 Å². The van der Waals surface area contributed by atoms with Gasteiger partial charge in [-0.25, -0.2) is 0 Å². The summed E-state index contributed by atoms with van der Waals surface area (Å²) in [5.74, 6) is 0. The van der Waals surface area contributed by atoms with Gasteiger partial charge in [0, 0.05) is 29.1 Å². The number of hydrogen-bond donors (Lipinski definition) is 0. The standard InChI is InChI=1S/C8H14Si.Li/c1-5-4-6(2)8(9)7(5)3;/h4H2,1-3,9H3;. The predicted molar refractivity (Wildman–Crippen MR) is 51.4 cm³/mol. The summed E-state index contributed by atoms with van der Waals surface area (Å²) in [5.41, 5.74) is 4.76. The molecule has 0 spiro atoms. The number of rotatable bonds is 0. The van der Waals surface area contributed by atoms with Crippen molar-refractivity contribution in [1.82, 2.24) is 0 Å². The molecule has 1 aliphatic carbocycles. The van der Waals surface area contributed by atoms with Crippen molar-refractivity contribution in [3.05, 3.63) is 21.9 Å². The molecule has 0 atom stereocenters. The van der Waals surface area contributed by atoms with Gasteiger partial charge in [-0.1, -0.05) is 21.9 Å². The Kier molecular flexibility index (Phi) is 3.72. The van der Waals surface area contributed by atoms with E-state index in [0.717, 1.165) is 0 Å². The third kappa shape index (κ3) is 1.66. The van der Waals surface area contributed by atoms with Crippen molar-refractivity contribution in [2.24, 2.45) is 0 Å². The van der Waals surface area contributed by atoms with Crippen LogP contribution in [0.25, 0.3) is 0 Å². The van der Waals surface area contributed by atoms with Crippen LogP contribution in [0.2, 0.25) is 0 Å². The average Bonchev–Trinajstić information content (AvgIpc) is 1.98. The molecular formula is C8H14LiSi. The normalized spacial score (nSPS) is 18.3. The first-order valence-corrected chi connectivity index (χ1v) is 4.46. The molecule has 0 bridgehead atoms. The maximum absolute atomic E-state index is 2.25. The van der Waals surface area contributed by atoms with E-state index in [1.54, 1.807) is 21.9 Å². The van der Waals surface area contributed by atoms with E-state index < -0.39 is 0 Å². The zero-order chi connectivity index (χ0) is 7.02. The van der Waals surface area contributed by atoms with Gasteiger partial charge in [-0.3, -0.25) is 0 Å². The van der Waals surface area contributed by atoms with Gasteiger partial charge >= 0.3 is 0 Å². The fourth-order valence-electron chi connectivity index (χ4n) is 1.30. The van der Waals surface area contributed by atoms with Gasteiger partial charge in [0.15, 0.2) is 0 Å². The number of allylic oxidation sites excluding steroid dienone is 4. The van der Waals surface area contributed by atoms with Gasteiger partial charge < -0.3 is 0 Å². The van der Waals surface area contributed by atoms with E-state index in [1.807, 2.05) is 0 Å². The van der Waals surface area contributed by atoms with E-state index in [0.29, 0.717) is 0 Å². The maximum Gasteiger partial charge on any atom is 0.0387 e. The van der Waals surface area contributed by atoms with Crippen molar-refractivity contribution in [2.75, 3.05) is 0 Å². The summed E-state index contributed by atoms with van der Waals surface area (Å²) in [6, 6.07) is 0. The Balaban J connectivity index is 0.000000810. The van der Waals surface area contributed by atoms with Crippen molar-refractivity contribution >= 4 is 29.1 Å². The first kappa shape index (κ1) is 10.3. The van der Waals surface area contributed by atoms with Crippen LogP contribution >= 0.6 is 0 Å². The fourth-order valence-corrected chi connectivity index (χ4v) is 1.91. The largest absolute Gasteiger partial charge is 0.0708 e. The third-order valence-electron chi connectivity index (χ3n) is 2.37. The van der Waals surface area contributed by atoms with Gasteiger partial charge in [-0.05, 0) is 27.2 Å². The second kappa shape index (κ2) is 3.62. The first-order valence-electron chi connectivity index (χ1n) is 3.46. The quantitative estimate of drug-likeness (QED) is 0.446. The molecule has 0 aromatic heterocycles. The second-order valence-electron chi connectivity index (χ2n) is 2.99. The molecule has 0 aromatic rings. The van der Waals surface area contributed by atoms with Crippen molar-refractivity contribution < 1.29 is 0 Å². The molecular weight excluding hydrogens is 131 g/mol. The summed E-state index contributed by atoms with van der Waals surface area (Å²) < 4.78 is 0. The van der Waals surface area contributed by atoms with Crippen LogP contribution in [0.4, 0.5) is 0 Å². The second-order valence-corrected chi connectivity index (χ2v) is 3.99. The zero-order valence-electron chi connectivity index (χ0n) is 7.71. The Bertz CT molecular complexity index is 179. The minimum Gasteiger partial charge on any atom is -0.0708 e. The Morgan fingerprint density at radius 3 is 1.70 bits per heavy atom. The Morgan fingerprint density at radius 2 is 1.60 bits per heavy atom. The molecule has 0 saturated heterocycles. The SMILES string of the molecule is CC1=C(C)C([SiH3])=C(C)C1.[Li]. The van der Waals surface area contributed by atoms with Gasteiger partial charge in [0.1, 0.15) is 0 Å². The molecule has 0 nitrogen and oxygen atoms in total. The fraction of sp³-hybridized carbons (Fsp3) is 0.500. The van der Waals surface area contributed by atoms with E-state index in [4.69, 9.17) is 0 Å². The van der Waals surface area contributed by atoms with E-state index >= 15 is 0 Å².